The molecular formula is C12H15F2N. The lowest BCUT2D eigenvalue weighted by molar-refractivity contribution is 0.558. The summed E-state index contributed by atoms with van der Waals surface area (Å²) < 4.78 is 26.1. The van der Waals surface area contributed by atoms with Crippen LogP contribution < -0.4 is 5.32 Å². The minimum atomic E-state index is -0.470. The van der Waals surface area contributed by atoms with Crippen LogP contribution >= 0.6 is 0 Å². The predicted octanol–water partition coefficient (Wildman–Crippen LogP) is 2.82. The second-order valence-electron chi connectivity index (χ2n) is 4.08. The van der Waals surface area contributed by atoms with Crippen molar-refractivity contribution in [2.75, 3.05) is 13.1 Å². The van der Waals surface area contributed by atoms with Crippen LogP contribution in [-0.2, 0) is 0 Å². The third-order valence-corrected chi connectivity index (χ3v) is 2.93. The second-order valence-corrected chi connectivity index (χ2v) is 4.08. The summed E-state index contributed by atoms with van der Waals surface area (Å²) in [5.41, 5.74) is 0.802. The maximum absolute atomic E-state index is 13.0. The minimum absolute atomic E-state index is 0.296. The average Bonchev–Trinajstić information content (AvgIpc) is 2.43. The summed E-state index contributed by atoms with van der Waals surface area (Å²) in [5, 5.41) is 3.29. The molecule has 0 radical (unpaired) electrons. The number of benzene rings is 1. The molecule has 2 rings (SSSR count). The molecule has 15 heavy (non-hydrogen) atoms. The Bertz CT molecular complexity index is 310. The van der Waals surface area contributed by atoms with Crippen molar-refractivity contribution >= 4 is 0 Å². The molecule has 1 nitrogen and oxygen atoms in total. The van der Waals surface area contributed by atoms with Gasteiger partial charge < -0.3 is 5.32 Å². The van der Waals surface area contributed by atoms with Gasteiger partial charge in [-0.05, 0) is 56.0 Å². The molecule has 0 saturated carbocycles. The zero-order valence-electron chi connectivity index (χ0n) is 8.60. The fraction of sp³-hybridized carbons (Fsp3) is 0.500. The summed E-state index contributed by atoms with van der Waals surface area (Å²) in [6.45, 7) is 1.94. The lowest BCUT2D eigenvalue weighted by atomic mass is 9.92. The summed E-state index contributed by atoms with van der Waals surface area (Å²) in [7, 11) is 0. The van der Waals surface area contributed by atoms with Crippen LogP contribution in [0.1, 0.15) is 30.7 Å². The molecular weight excluding hydrogens is 196 g/mol. The van der Waals surface area contributed by atoms with Crippen LogP contribution in [0.15, 0.2) is 18.2 Å². The molecule has 1 heterocycles. The Labute approximate surface area is 88.5 Å². The maximum Gasteiger partial charge on any atom is 0.126 e. The fourth-order valence-electron chi connectivity index (χ4n) is 2.16. The van der Waals surface area contributed by atoms with Gasteiger partial charge in [0.1, 0.15) is 11.6 Å². The average molecular weight is 211 g/mol. The molecule has 3 heteroatoms. The predicted molar refractivity (Wildman–Crippen MR) is 55.8 cm³/mol. The molecule has 1 aliphatic rings. The normalized spacial score (nSPS) is 22.4. The van der Waals surface area contributed by atoms with E-state index >= 15 is 0 Å². The van der Waals surface area contributed by atoms with E-state index in [0.29, 0.717) is 5.92 Å². The first-order chi connectivity index (χ1) is 7.25. The van der Waals surface area contributed by atoms with Crippen LogP contribution in [0.3, 0.4) is 0 Å². The number of nitrogens with one attached hydrogen (secondary N) is 1. The Balaban J connectivity index is 2.19. The van der Waals surface area contributed by atoms with E-state index in [2.05, 4.69) is 5.32 Å². The highest BCUT2D eigenvalue weighted by Crippen LogP contribution is 2.27. The Morgan fingerprint density at radius 2 is 1.73 bits per heavy atom. The standard InChI is InChI=1S/C12H15F2N/c13-11-6-10(7-12(14)8-11)9-2-1-4-15-5-3-9/h6-9,15H,1-5H2. The highest BCUT2D eigenvalue weighted by Gasteiger charge is 2.15. The second kappa shape index (κ2) is 4.71. The van der Waals surface area contributed by atoms with E-state index in [4.69, 9.17) is 0 Å². The maximum atomic E-state index is 13.0. The molecule has 1 atom stereocenters. The summed E-state index contributed by atoms with van der Waals surface area (Å²) in [5.74, 6) is -0.644. The molecule has 1 aliphatic heterocycles. The van der Waals surface area contributed by atoms with E-state index in [9.17, 15) is 8.78 Å². The van der Waals surface area contributed by atoms with Crippen LogP contribution in [0.2, 0.25) is 0 Å². The highest BCUT2D eigenvalue weighted by molar-refractivity contribution is 5.22. The first kappa shape index (κ1) is 10.6. The molecule has 1 N–H and O–H groups in total. The monoisotopic (exact) mass is 211 g/mol. The van der Waals surface area contributed by atoms with Gasteiger partial charge in [0.2, 0.25) is 0 Å². The van der Waals surface area contributed by atoms with E-state index in [1.807, 2.05) is 0 Å². The molecule has 0 bridgehead atoms. The fourth-order valence-corrected chi connectivity index (χ4v) is 2.16. The molecule has 0 spiro atoms. The minimum Gasteiger partial charge on any atom is -0.317 e. The quantitative estimate of drug-likeness (QED) is 0.753. The Morgan fingerprint density at radius 1 is 1.00 bits per heavy atom. The lowest BCUT2D eigenvalue weighted by Crippen LogP contribution is -2.13. The largest absolute Gasteiger partial charge is 0.317 e. The van der Waals surface area contributed by atoms with Gasteiger partial charge in [-0.15, -0.1) is 0 Å². The van der Waals surface area contributed by atoms with Crippen molar-refractivity contribution in [3.8, 4) is 0 Å². The van der Waals surface area contributed by atoms with E-state index in [0.717, 1.165) is 44.0 Å². The zero-order valence-corrected chi connectivity index (χ0v) is 8.60. The highest BCUT2D eigenvalue weighted by atomic mass is 19.1. The van der Waals surface area contributed by atoms with E-state index in [-0.39, 0.29) is 0 Å². The van der Waals surface area contributed by atoms with Crippen molar-refractivity contribution in [2.24, 2.45) is 0 Å². The van der Waals surface area contributed by atoms with E-state index < -0.39 is 11.6 Å². The molecule has 1 fully saturated rings. The first-order valence-corrected chi connectivity index (χ1v) is 5.42. The molecule has 1 unspecified atom stereocenters. The summed E-state index contributed by atoms with van der Waals surface area (Å²) in [4.78, 5) is 0. The smallest absolute Gasteiger partial charge is 0.126 e. The van der Waals surface area contributed by atoms with Crippen LogP contribution in [0.5, 0.6) is 0 Å². The number of rotatable bonds is 1. The van der Waals surface area contributed by atoms with Crippen molar-refractivity contribution in [2.45, 2.75) is 25.2 Å². The van der Waals surface area contributed by atoms with Gasteiger partial charge in [0.25, 0.3) is 0 Å². The van der Waals surface area contributed by atoms with Gasteiger partial charge in [0.05, 0.1) is 0 Å². The molecule has 0 amide bonds. The zero-order chi connectivity index (χ0) is 10.7. The van der Waals surface area contributed by atoms with E-state index in [1.165, 1.54) is 12.1 Å². The van der Waals surface area contributed by atoms with Crippen LogP contribution in [0.25, 0.3) is 0 Å². The van der Waals surface area contributed by atoms with Gasteiger partial charge in [0, 0.05) is 6.07 Å². The van der Waals surface area contributed by atoms with Gasteiger partial charge in [-0.3, -0.25) is 0 Å². The van der Waals surface area contributed by atoms with Crippen LogP contribution in [-0.4, -0.2) is 13.1 Å². The van der Waals surface area contributed by atoms with Gasteiger partial charge in [0.15, 0.2) is 0 Å². The number of halogens is 2. The van der Waals surface area contributed by atoms with Crippen molar-refractivity contribution in [1.82, 2.24) is 5.32 Å². The van der Waals surface area contributed by atoms with Crippen molar-refractivity contribution in [3.05, 3.63) is 35.4 Å². The van der Waals surface area contributed by atoms with Crippen molar-refractivity contribution in [1.29, 1.82) is 0 Å². The number of hydrogen-bond donors (Lipinski definition) is 1. The Hall–Kier alpha value is -0.960. The molecule has 1 saturated heterocycles. The van der Waals surface area contributed by atoms with Crippen molar-refractivity contribution in [3.63, 3.8) is 0 Å². The van der Waals surface area contributed by atoms with Gasteiger partial charge in [-0.25, -0.2) is 8.78 Å². The van der Waals surface area contributed by atoms with Gasteiger partial charge in [-0.2, -0.15) is 0 Å². The summed E-state index contributed by atoms with van der Waals surface area (Å²) in [6, 6.07) is 3.84. The molecule has 0 aromatic heterocycles. The molecule has 1 aromatic carbocycles. The van der Waals surface area contributed by atoms with Crippen LogP contribution in [0.4, 0.5) is 8.78 Å². The number of hydrogen-bond acceptors (Lipinski definition) is 1. The van der Waals surface area contributed by atoms with E-state index in [1.54, 1.807) is 0 Å². The third kappa shape index (κ3) is 2.75. The Kier molecular flexibility index (Phi) is 3.31. The molecule has 0 aliphatic carbocycles. The van der Waals surface area contributed by atoms with Gasteiger partial charge >= 0.3 is 0 Å². The third-order valence-electron chi connectivity index (χ3n) is 2.93. The topological polar surface area (TPSA) is 12.0 Å². The summed E-state index contributed by atoms with van der Waals surface area (Å²) >= 11 is 0. The van der Waals surface area contributed by atoms with Gasteiger partial charge in [-0.1, -0.05) is 0 Å². The molecule has 82 valence electrons. The van der Waals surface area contributed by atoms with Crippen LogP contribution in [0, 0.1) is 11.6 Å². The van der Waals surface area contributed by atoms with Crippen molar-refractivity contribution < 1.29 is 8.78 Å². The Morgan fingerprint density at radius 3 is 2.47 bits per heavy atom. The summed E-state index contributed by atoms with van der Waals surface area (Å²) in [6.07, 6.45) is 3.04. The first-order valence-electron chi connectivity index (χ1n) is 5.42. The lowest BCUT2D eigenvalue weighted by Gasteiger charge is -2.14. The SMILES string of the molecule is Fc1cc(F)cc(C2CCCNCC2)c1. The molecule has 1 aromatic rings.